The van der Waals surface area contributed by atoms with E-state index in [-0.39, 0.29) is 18.6 Å². The minimum atomic E-state index is -0.443. The van der Waals surface area contributed by atoms with E-state index >= 15 is 0 Å². The second-order valence-corrected chi connectivity index (χ2v) is 6.11. The molecule has 0 aliphatic carbocycles. The summed E-state index contributed by atoms with van der Waals surface area (Å²) in [5.74, 6) is -0.443. The maximum atomic E-state index is 12.5. The fourth-order valence-electron chi connectivity index (χ4n) is 2.82. The van der Waals surface area contributed by atoms with Gasteiger partial charge in [-0.25, -0.2) is 9.59 Å². The number of methoxy groups -OCH3 is 1. The summed E-state index contributed by atoms with van der Waals surface area (Å²) in [6, 6.07) is 22.1. The molecule has 0 atom stereocenters. The van der Waals surface area contributed by atoms with E-state index in [0.717, 1.165) is 11.1 Å². The highest BCUT2D eigenvalue weighted by atomic mass is 16.5. The van der Waals surface area contributed by atoms with E-state index in [2.05, 4.69) is 15.6 Å². The van der Waals surface area contributed by atoms with E-state index in [1.54, 1.807) is 12.1 Å². The molecule has 0 unspecified atom stereocenters. The fourth-order valence-corrected chi connectivity index (χ4v) is 2.82. The van der Waals surface area contributed by atoms with Gasteiger partial charge in [0.15, 0.2) is 0 Å². The Bertz CT molecular complexity index is 891. The van der Waals surface area contributed by atoms with Gasteiger partial charge in [0.2, 0.25) is 0 Å². The van der Waals surface area contributed by atoms with Crippen LogP contribution in [0, 0.1) is 0 Å². The van der Waals surface area contributed by atoms with Gasteiger partial charge in [0.1, 0.15) is 0 Å². The second kappa shape index (κ2) is 9.32. The molecule has 0 radical (unpaired) electrons. The third kappa shape index (κ3) is 4.94. The van der Waals surface area contributed by atoms with Crippen molar-refractivity contribution in [2.24, 2.45) is 0 Å². The molecule has 6 nitrogen and oxygen atoms in total. The van der Waals surface area contributed by atoms with Gasteiger partial charge in [-0.15, -0.1) is 0 Å². The van der Waals surface area contributed by atoms with Gasteiger partial charge in [-0.1, -0.05) is 60.7 Å². The summed E-state index contributed by atoms with van der Waals surface area (Å²) in [5.41, 5.74) is 2.92. The van der Waals surface area contributed by atoms with Crippen molar-refractivity contribution >= 4 is 12.0 Å². The SMILES string of the molecule is COC(=O)c1ccnc(CNC(=O)NC(c2ccccc2)c2ccccc2)c1. The third-order valence-corrected chi connectivity index (χ3v) is 4.21. The first-order valence-electron chi connectivity index (χ1n) is 8.85. The van der Waals surface area contributed by atoms with Crippen molar-refractivity contribution in [3.63, 3.8) is 0 Å². The maximum absolute atomic E-state index is 12.5. The summed E-state index contributed by atoms with van der Waals surface area (Å²) in [6.45, 7) is 0.187. The monoisotopic (exact) mass is 375 g/mol. The number of rotatable bonds is 6. The number of nitrogens with one attached hydrogen (secondary N) is 2. The Balaban J connectivity index is 1.69. The van der Waals surface area contributed by atoms with Crippen LogP contribution in [0.5, 0.6) is 0 Å². The van der Waals surface area contributed by atoms with E-state index in [4.69, 9.17) is 4.74 Å². The topological polar surface area (TPSA) is 80.3 Å². The summed E-state index contributed by atoms with van der Waals surface area (Å²) in [7, 11) is 1.32. The largest absolute Gasteiger partial charge is 0.465 e. The van der Waals surface area contributed by atoms with Crippen molar-refractivity contribution in [2.75, 3.05) is 7.11 Å². The molecule has 0 saturated heterocycles. The molecule has 142 valence electrons. The van der Waals surface area contributed by atoms with Crippen LogP contribution in [0.15, 0.2) is 79.0 Å². The number of amides is 2. The number of aromatic nitrogens is 1. The molecule has 0 bridgehead atoms. The molecule has 1 heterocycles. The minimum Gasteiger partial charge on any atom is -0.465 e. The molecule has 28 heavy (non-hydrogen) atoms. The Morgan fingerprint density at radius 3 is 2.14 bits per heavy atom. The Morgan fingerprint density at radius 1 is 0.964 bits per heavy atom. The molecular formula is C22H21N3O3. The van der Waals surface area contributed by atoms with Crippen LogP contribution in [-0.2, 0) is 11.3 Å². The zero-order valence-electron chi connectivity index (χ0n) is 15.5. The maximum Gasteiger partial charge on any atom is 0.337 e. The Kier molecular flexibility index (Phi) is 6.36. The average molecular weight is 375 g/mol. The van der Waals surface area contributed by atoms with Gasteiger partial charge in [0, 0.05) is 6.20 Å². The molecule has 3 aromatic rings. The first kappa shape index (κ1) is 19.1. The number of carbonyl (C=O) groups excluding carboxylic acids is 2. The van der Waals surface area contributed by atoms with Crippen LogP contribution in [0.1, 0.15) is 33.2 Å². The second-order valence-electron chi connectivity index (χ2n) is 6.11. The number of urea groups is 1. The molecule has 2 aromatic carbocycles. The first-order valence-corrected chi connectivity index (χ1v) is 8.85. The molecule has 0 spiro atoms. The van der Waals surface area contributed by atoms with Crippen LogP contribution >= 0.6 is 0 Å². The third-order valence-electron chi connectivity index (χ3n) is 4.21. The molecule has 6 heteroatoms. The average Bonchev–Trinajstić information content (AvgIpc) is 2.77. The van der Waals surface area contributed by atoms with Crippen molar-refractivity contribution in [1.82, 2.24) is 15.6 Å². The zero-order chi connectivity index (χ0) is 19.8. The number of ether oxygens (including phenoxy) is 1. The molecule has 1 aromatic heterocycles. The van der Waals surface area contributed by atoms with Gasteiger partial charge >= 0.3 is 12.0 Å². The van der Waals surface area contributed by atoms with Crippen molar-refractivity contribution in [1.29, 1.82) is 0 Å². The van der Waals surface area contributed by atoms with Gasteiger partial charge in [-0.3, -0.25) is 4.98 Å². The van der Waals surface area contributed by atoms with Crippen molar-refractivity contribution < 1.29 is 14.3 Å². The van der Waals surface area contributed by atoms with Crippen LogP contribution in [0.4, 0.5) is 4.79 Å². The number of hydrogen-bond donors (Lipinski definition) is 2. The normalized spacial score (nSPS) is 10.4. The van der Waals surface area contributed by atoms with Crippen molar-refractivity contribution in [3.05, 3.63) is 101 Å². The summed E-state index contributed by atoms with van der Waals surface area (Å²) in [5, 5.41) is 5.79. The smallest absolute Gasteiger partial charge is 0.337 e. The van der Waals surface area contributed by atoms with E-state index in [1.165, 1.54) is 13.3 Å². The van der Waals surface area contributed by atoms with Gasteiger partial charge < -0.3 is 15.4 Å². The Labute approximate surface area is 163 Å². The number of hydrogen-bond acceptors (Lipinski definition) is 4. The summed E-state index contributed by atoms with van der Waals surface area (Å²) in [4.78, 5) is 28.3. The summed E-state index contributed by atoms with van der Waals surface area (Å²) < 4.78 is 4.70. The van der Waals surface area contributed by atoms with Gasteiger partial charge in [-0.2, -0.15) is 0 Å². The molecule has 0 fully saturated rings. The lowest BCUT2D eigenvalue weighted by molar-refractivity contribution is 0.0600. The van der Waals surface area contributed by atoms with Crippen LogP contribution in [0.25, 0.3) is 0 Å². The van der Waals surface area contributed by atoms with E-state index in [0.29, 0.717) is 11.3 Å². The number of nitrogens with zero attached hydrogens (tertiary/aromatic N) is 1. The molecule has 3 rings (SSSR count). The standard InChI is InChI=1S/C22H21N3O3/c1-28-21(26)18-12-13-23-19(14-18)15-24-22(27)25-20(16-8-4-2-5-9-16)17-10-6-3-7-11-17/h2-14,20H,15H2,1H3,(H2,24,25,27). The number of benzene rings is 2. The summed E-state index contributed by atoms with van der Waals surface area (Å²) in [6.07, 6.45) is 1.51. The van der Waals surface area contributed by atoms with Crippen molar-refractivity contribution in [2.45, 2.75) is 12.6 Å². The van der Waals surface area contributed by atoms with Crippen molar-refractivity contribution in [3.8, 4) is 0 Å². The van der Waals surface area contributed by atoms with Crippen LogP contribution in [-0.4, -0.2) is 24.1 Å². The molecule has 2 amide bonds. The molecule has 0 saturated carbocycles. The predicted octanol–water partition coefficient (Wildman–Crippen LogP) is 3.46. The van der Waals surface area contributed by atoms with E-state index < -0.39 is 5.97 Å². The van der Waals surface area contributed by atoms with Crippen LogP contribution in [0.2, 0.25) is 0 Å². The summed E-state index contributed by atoms with van der Waals surface area (Å²) >= 11 is 0. The lowest BCUT2D eigenvalue weighted by atomic mass is 9.99. The lowest BCUT2D eigenvalue weighted by Gasteiger charge is -2.20. The Morgan fingerprint density at radius 2 is 1.57 bits per heavy atom. The lowest BCUT2D eigenvalue weighted by Crippen LogP contribution is -2.38. The number of pyridine rings is 1. The van der Waals surface area contributed by atoms with Crippen LogP contribution in [0.3, 0.4) is 0 Å². The zero-order valence-corrected chi connectivity index (χ0v) is 15.5. The predicted molar refractivity (Wildman–Crippen MR) is 106 cm³/mol. The van der Waals surface area contributed by atoms with Gasteiger partial charge in [0.05, 0.1) is 31.0 Å². The number of carbonyl (C=O) groups is 2. The molecule has 0 aliphatic rings. The quantitative estimate of drug-likeness (QED) is 0.647. The first-order chi connectivity index (χ1) is 13.7. The molecule has 2 N–H and O–H groups in total. The highest BCUT2D eigenvalue weighted by Gasteiger charge is 2.16. The van der Waals surface area contributed by atoms with E-state index in [1.807, 2.05) is 60.7 Å². The minimum absolute atomic E-state index is 0.187. The highest BCUT2D eigenvalue weighted by molar-refractivity contribution is 5.89. The fraction of sp³-hybridized carbons (Fsp3) is 0.136. The molecular weight excluding hydrogens is 354 g/mol. The molecule has 0 aliphatic heterocycles. The van der Waals surface area contributed by atoms with Crippen LogP contribution < -0.4 is 10.6 Å². The number of esters is 1. The van der Waals surface area contributed by atoms with E-state index in [9.17, 15) is 9.59 Å². The highest BCUT2D eigenvalue weighted by Crippen LogP contribution is 2.21. The van der Waals surface area contributed by atoms with Gasteiger partial charge in [-0.05, 0) is 23.3 Å². The Hall–Kier alpha value is -3.67. The van der Waals surface area contributed by atoms with Gasteiger partial charge in [0.25, 0.3) is 0 Å².